The van der Waals surface area contributed by atoms with Gasteiger partial charge in [0.1, 0.15) is 23.7 Å². The average Bonchev–Trinajstić information content (AvgIpc) is 4.03. The molecular weight excluding hydrogens is 713 g/mol. The Morgan fingerprint density at radius 3 is 1.61 bits per heavy atom. The summed E-state index contributed by atoms with van der Waals surface area (Å²) < 4.78 is 1.47. The second-order valence-electron chi connectivity index (χ2n) is 15.4. The zero-order chi connectivity index (χ0) is 39.7. The van der Waals surface area contributed by atoms with Crippen LogP contribution in [0.4, 0.5) is 16.7 Å². The van der Waals surface area contributed by atoms with E-state index in [1.165, 1.54) is 4.68 Å². The number of nitrogen functional groups attached to an aromatic ring is 1. The van der Waals surface area contributed by atoms with Crippen molar-refractivity contribution in [3.8, 4) is 33.6 Å². The van der Waals surface area contributed by atoms with E-state index < -0.39 is 18.2 Å². The molecule has 0 aliphatic carbocycles. The van der Waals surface area contributed by atoms with Crippen molar-refractivity contribution < 1.29 is 19.5 Å². The summed E-state index contributed by atoms with van der Waals surface area (Å²) in [5, 5.41) is 19.2. The summed E-state index contributed by atoms with van der Waals surface area (Å²) in [5.41, 5.74) is 11.7. The van der Waals surface area contributed by atoms with Crippen LogP contribution in [0.3, 0.4) is 0 Å². The number of amides is 3. The van der Waals surface area contributed by atoms with Gasteiger partial charge in [-0.15, -0.1) is 5.10 Å². The zero-order valence-electron chi connectivity index (χ0n) is 32.4. The number of hydrogen-bond acceptors (Lipinski definition) is 9. The Hall–Kier alpha value is -6.19. The van der Waals surface area contributed by atoms with Gasteiger partial charge in [-0.3, -0.25) is 9.59 Å². The SMILES string of the molecule is CC(C)[C@H](NC(=O)O)C(=O)N1CCC[C@H]1c1ncc(-c2ccc(-c3ccc(-c4cnc([C@@H]5CCCN5C(=O)[C@@H](Nc5nc(N)n(C)n5)C(C)C)[nH]4)cc3)cc2)[nH]1. The van der Waals surface area contributed by atoms with Gasteiger partial charge in [0.2, 0.25) is 23.7 Å². The molecule has 3 amide bonds. The van der Waals surface area contributed by atoms with E-state index in [0.717, 1.165) is 65.1 Å². The maximum Gasteiger partial charge on any atom is 0.405 e. The number of carbonyl (C=O) groups is 3. The first-order valence-electron chi connectivity index (χ1n) is 19.2. The lowest BCUT2D eigenvalue weighted by atomic mass is 10.0. The van der Waals surface area contributed by atoms with Crippen LogP contribution in [0.1, 0.15) is 77.1 Å². The van der Waals surface area contributed by atoms with Gasteiger partial charge >= 0.3 is 6.09 Å². The largest absolute Gasteiger partial charge is 0.465 e. The van der Waals surface area contributed by atoms with Crippen molar-refractivity contribution in [2.24, 2.45) is 18.9 Å². The van der Waals surface area contributed by atoms with Gasteiger partial charge in [0.25, 0.3) is 0 Å². The third-order valence-electron chi connectivity index (χ3n) is 10.8. The molecule has 2 fully saturated rings. The summed E-state index contributed by atoms with van der Waals surface area (Å²) in [4.78, 5) is 62.7. The second kappa shape index (κ2) is 15.9. The van der Waals surface area contributed by atoms with Crippen LogP contribution in [0.2, 0.25) is 0 Å². The fourth-order valence-electron chi connectivity index (χ4n) is 7.73. The molecule has 0 saturated carbocycles. The van der Waals surface area contributed by atoms with Crippen molar-refractivity contribution in [3.05, 3.63) is 72.6 Å². The average molecular weight is 763 g/mol. The molecule has 4 atom stereocenters. The molecular formula is C40H50N12O4. The number of carbonyl (C=O) groups excluding carboxylic acids is 2. The molecule has 294 valence electrons. The molecule has 7 N–H and O–H groups in total. The van der Waals surface area contributed by atoms with Crippen LogP contribution in [0, 0.1) is 11.8 Å². The summed E-state index contributed by atoms with van der Waals surface area (Å²) in [6.07, 6.45) is 5.67. The maximum atomic E-state index is 13.9. The first kappa shape index (κ1) is 38.1. The quantitative estimate of drug-likeness (QED) is 0.0925. The molecule has 16 nitrogen and oxygen atoms in total. The summed E-state index contributed by atoms with van der Waals surface area (Å²) in [5.74, 6) is 1.62. The summed E-state index contributed by atoms with van der Waals surface area (Å²) in [6, 6.07) is 14.8. The molecule has 0 unspecified atom stereocenters. The molecule has 7 rings (SSSR count). The van der Waals surface area contributed by atoms with Crippen molar-refractivity contribution >= 4 is 29.8 Å². The van der Waals surface area contributed by atoms with Crippen LogP contribution in [0.25, 0.3) is 33.6 Å². The molecule has 2 saturated heterocycles. The lowest BCUT2D eigenvalue weighted by molar-refractivity contribution is -0.135. The topological polar surface area (TPSA) is 216 Å². The number of aromatic amines is 2. The number of anilines is 2. The second-order valence-corrected chi connectivity index (χ2v) is 15.4. The van der Waals surface area contributed by atoms with Crippen molar-refractivity contribution in [2.75, 3.05) is 24.1 Å². The van der Waals surface area contributed by atoms with Gasteiger partial charge in [-0.05, 0) is 59.8 Å². The van der Waals surface area contributed by atoms with Crippen LogP contribution in [-0.2, 0) is 16.6 Å². The molecule has 56 heavy (non-hydrogen) atoms. The Balaban J connectivity index is 1.000. The van der Waals surface area contributed by atoms with Gasteiger partial charge in [0.15, 0.2) is 0 Å². The Labute approximate surface area is 325 Å². The highest BCUT2D eigenvalue weighted by Crippen LogP contribution is 2.35. The fourth-order valence-corrected chi connectivity index (χ4v) is 7.73. The minimum atomic E-state index is -1.21. The van der Waals surface area contributed by atoms with E-state index in [0.29, 0.717) is 24.9 Å². The number of aryl methyl sites for hydroxylation is 1. The van der Waals surface area contributed by atoms with E-state index in [2.05, 4.69) is 72.1 Å². The highest BCUT2D eigenvalue weighted by molar-refractivity contribution is 5.86. The lowest BCUT2D eigenvalue weighted by Crippen LogP contribution is -2.50. The molecule has 2 aliphatic rings. The predicted octanol–water partition coefficient (Wildman–Crippen LogP) is 5.60. The Morgan fingerprint density at radius 1 is 0.750 bits per heavy atom. The molecule has 5 heterocycles. The number of imidazole rings is 2. The number of hydrogen-bond donors (Lipinski definition) is 6. The van der Waals surface area contributed by atoms with Gasteiger partial charge in [-0.1, -0.05) is 76.2 Å². The Morgan fingerprint density at radius 2 is 1.20 bits per heavy atom. The number of aromatic nitrogens is 7. The van der Waals surface area contributed by atoms with E-state index >= 15 is 0 Å². The number of H-pyrrole nitrogens is 2. The van der Waals surface area contributed by atoms with E-state index in [-0.39, 0.29) is 41.7 Å². The number of likely N-dealkylation sites (tertiary alicyclic amines) is 2. The minimum absolute atomic E-state index is 0.00420. The van der Waals surface area contributed by atoms with Crippen LogP contribution in [0.15, 0.2) is 60.9 Å². The van der Waals surface area contributed by atoms with Gasteiger partial charge < -0.3 is 41.2 Å². The summed E-state index contributed by atoms with van der Waals surface area (Å²) in [6.45, 7) is 8.86. The molecule has 2 aromatic carbocycles. The minimum Gasteiger partial charge on any atom is -0.465 e. The molecule has 0 radical (unpaired) electrons. The monoisotopic (exact) mass is 762 g/mol. The highest BCUT2D eigenvalue weighted by atomic mass is 16.4. The predicted molar refractivity (Wildman–Crippen MR) is 212 cm³/mol. The van der Waals surface area contributed by atoms with E-state index in [4.69, 9.17) is 10.7 Å². The van der Waals surface area contributed by atoms with Gasteiger partial charge in [-0.2, -0.15) is 4.98 Å². The third kappa shape index (κ3) is 7.81. The third-order valence-corrected chi connectivity index (χ3v) is 10.8. The first-order valence-corrected chi connectivity index (χ1v) is 19.2. The molecule has 3 aromatic heterocycles. The smallest absolute Gasteiger partial charge is 0.405 e. The number of nitrogens with two attached hydrogens (primary N) is 1. The highest BCUT2D eigenvalue weighted by Gasteiger charge is 2.38. The van der Waals surface area contributed by atoms with Gasteiger partial charge in [-0.25, -0.2) is 19.4 Å². The number of nitrogens with zero attached hydrogens (tertiary/aromatic N) is 7. The zero-order valence-corrected chi connectivity index (χ0v) is 32.4. The molecule has 2 aliphatic heterocycles. The Kier molecular flexibility index (Phi) is 10.8. The van der Waals surface area contributed by atoms with Gasteiger partial charge in [0.05, 0.1) is 35.9 Å². The van der Waals surface area contributed by atoms with Crippen molar-refractivity contribution in [3.63, 3.8) is 0 Å². The lowest BCUT2D eigenvalue weighted by Gasteiger charge is -2.30. The molecule has 0 spiro atoms. The van der Waals surface area contributed by atoms with Crippen molar-refractivity contribution in [1.29, 1.82) is 0 Å². The summed E-state index contributed by atoms with van der Waals surface area (Å²) in [7, 11) is 1.71. The van der Waals surface area contributed by atoms with E-state index in [9.17, 15) is 19.5 Å². The standard InChI is InChI=1S/C40H50N12O4/c1-22(2)32(46-39-48-38(41)50(5)49-39)36(53)51-18-6-8-30(51)34-42-20-28(44-34)26-14-10-24(11-15-26)25-12-16-27(17-13-25)29-21-43-35(45-29)31-9-7-19-52(31)37(54)33(23(3)4)47-40(55)56/h10-17,20-23,30-33,47H,6-9,18-19H2,1-5H3,(H,42,44)(H,43,45)(H,55,56)(H3,41,46,48,49)/t30-,31-,32-,33-/m0/s1. The number of carboxylic acid groups (broad SMARTS) is 1. The Bertz CT molecular complexity index is 2150. The van der Waals surface area contributed by atoms with E-state index in [1.807, 2.05) is 50.9 Å². The number of rotatable bonds is 12. The van der Waals surface area contributed by atoms with Crippen molar-refractivity contribution in [2.45, 2.75) is 77.5 Å². The first-order chi connectivity index (χ1) is 26.9. The summed E-state index contributed by atoms with van der Waals surface area (Å²) >= 11 is 0. The van der Waals surface area contributed by atoms with Gasteiger partial charge in [0, 0.05) is 20.1 Å². The van der Waals surface area contributed by atoms with Crippen LogP contribution < -0.4 is 16.4 Å². The van der Waals surface area contributed by atoms with Crippen molar-refractivity contribution in [1.82, 2.24) is 49.8 Å². The molecule has 5 aromatic rings. The number of benzene rings is 2. The normalized spacial score (nSPS) is 18.1. The van der Waals surface area contributed by atoms with Crippen LogP contribution in [-0.4, -0.2) is 92.7 Å². The molecule has 16 heteroatoms. The van der Waals surface area contributed by atoms with E-state index in [1.54, 1.807) is 18.1 Å². The van der Waals surface area contributed by atoms with Crippen LogP contribution >= 0.6 is 0 Å². The molecule has 0 bridgehead atoms. The fraction of sp³-hybridized carbons (Fsp3) is 0.425. The van der Waals surface area contributed by atoms with Crippen LogP contribution in [0.5, 0.6) is 0 Å². The maximum absolute atomic E-state index is 13.9. The number of nitrogens with one attached hydrogen (secondary N) is 4.